The summed E-state index contributed by atoms with van der Waals surface area (Å²) >= 11 is 0.176. The number of rotatable bonds is 6. The second kappa shape index (κ2) is 19.0. The van der Waals surface area contributed by atoms with Crippen LogP contribution in [0.1, 0.15) is 111 Å². The third kappa shape index (κ3) is 10.1. The molecule has 0 radical (unpaired) electrons. The van der Waals surface area contributed by atoms with Gasteiger partial charge in [-0.05, 0) is 80.7 Å². The van der Waals surface area contributed by atoms with Crippen molar-refractivity contribution in [3.63, 3.8) is 0 Å². The Morgan fingerprint density at radius 3 is 1.98 bits per heavy atom. The molecule has 0 amide bonds. The number of halogens is 1. The molecule has 6 heteroatoms. The van der Waals surface area contributed by atoms with E-state index in [1.54, 1.807) is 11.4 Å². The van der Waals surface area contributed by atoms with Crippen molar-refractivity contribution < 1.29 is 8.68 Å². The predicted octanol–water partition coefficient (Wildman–Crippen LogP) is 11.8. The normalized spacial score (nSPS) is 12.6. The van der Waals surface area contributed by atoms with E-state index in [2.05, 4.69) is 60.3 Å². The molecule has 1 fully saturated rings. The molecule has 0 atom stereocenters. The molecule has 2 heterocycles. The van der Waals surface area contributed by atoms with E-state index in [1.165, 1.54) is 55.0 Å². The Labute approximate surface area is 280 Å². The largest absolute Gasteiger partial charge is 0.295 e. The summed E-state index contributed by atoms with van der Waals surface area (Å²) in [6.07, 6.45) is 10.5. The van der Waals surface area contributed by atoms with Crippen molar-refractivity contribution in [2.24, 2.45) is 0 Å². The first kappa shape index (κ1) is 36.7. The molecule has 2 aromatic heterocycles. The standard InChI is InChI=1S/C14H12FN3S.C14H18O.C10H14.C2H6/c1-9-5-3-4-6-11(9)12-7-10(2)18-14(17-12)13(19-15)8-16-18;1-11(15)12-7-9-14(10-8-12)13-5-3-2-4-6-13;1-3-9-5-7-10(4-2)8-6-9;1-2/h3-8H,1-2H3;7-10,13H,2-6H2,1H3;5-8H,3-4H2,1-2H3;1-2H3. The van der Waals surface area contributed by atoms with E-state index in [0.29, 0.717) is 10.5 Å². The molecule has 3 aromatic carbocycles. The molecule has 0 spiro atoms. The van der Waals surface area contributed by atoms with Crippen molar-refractivity contribution in [3.8, 4) is 11.3 Å². The second-order valence-corrected chi connectivity index (χ2v) is 12.0. The van der Waals surface area contributed by atoms with Crippen molar-refractivity contribution in [1.29, 1.82) is 0 Å². The number of hydrogen-bond acceptors (Lipinski definition) is 4. The quantitative estimate of drug-likeness (QED) is 0.173. The first-order valence-corrected chi connectivity index (χ1v) is 17.4. The fourth-order valence-corrected chi connectivity index (χ4v) is 5.87. The van der Waals surface area contributed by atoms with E-state index in [4.69, 9.17) is 0 Å². The number of Topliss-reactive ketones (excluding diaryl/α,β-unsaturated/α-hetero) is 1. The fraction of sp³-hybridized carbons (Fsp3) is 0.375. The molecule has 1 aliphatic carbocycles. The van der Waals surface area contributed by atoms with Crippen LogP contribution in [0.15, 0.2) is 90.0 Å². The minimum absolute atomic E-state index is 0.158. The number of fused-ring (bicyclic) bond motifs is 1. The number of aromatic nitrogens is 3. The zero-order chi connectivity index (χ0) is 33.5. The van der Waals surface area contributed by atoms with Gasteiger partial charge >= 0.3 is 0 Å². The van der Waals surface area contributed by atoms with Gasteiger partial charge in [-0.1, -0.05) is 120 Å². The van der Waals surface area contributed by atoms with Crippen LogP contribution in [0.25, 0.3) is 16.9 Å². The lowest BCUT2D eigenvalue weighted by Gasteiger charge is -2.21. The Bertz CT molecular complexity index is 1620. The molecule has 6 rings (SSSR count). The number of carbonyl (C=O) groups is 1. The fourth-order valence-electron chi connectivity index (χ4n) is 5.58. The van der Waals surface area contributed by atoms with Crippen LogP contribution in [-0.2, 0) is 12.8 Å². The van der Waals surface area contributed by atoms with Gasteiger partial charge in [-0.3, -0.25) is 4.79 Å². The zero-order valence-electron chi connectivity index (χ0n) is 28.6. The highest BCUT2D eigenvalue weighted by molar-refractivity contribution is 7.94. The lowest BCUT2D eigenvalue weighted by atomic mass is 9.84. The lowest BCUT2D eigenvalue weighted by Crippen LogP contribution is -2.04. The van der Waals surface area contributed by atoms with Crippen LogP contribution in [-0.4, -0.2) is 20.4 Å². The molecule has 0 bridgehead atoms. The molecule has 0 unspecified atom stereocenters. The lowest BCUT2D eigenvalue weighted by molar-refractivity contribution is 0.101. The third-order valence-electron chi connectivity index (χ3n) is 8.35. The minimum atomic E-state index is 0.158. The maximum absolute atomic E-state index is 12.9. The van der Waals surface area contributed by atoms with Crippen LogP contribution < -0.4 is 0 Å². The summed E-state index contributed by atoms with van der Waals surface area (Å²) in [5, 5.41) is 4.14. The molecule has 4 nitrogen and oxygen atoms in total. The monoisotopic (exact) mass is 639 g/mol. The van der Waals surface area contributed by atoms with Crippen molar-refractivity contribution in [1.82, 2.24) is 14.6 Å². The van der Waals surface area contributed by atoms with Gasteiger partial charge in [0.25, 0.3) is 0 Å². The molecule has 0 N–H and O–H groups in total. The van der Waals surface area contributed by atoms with Gasteiger partial charge in [-0.25, -0.2) is 9.50 Å². The summed E-state index contributed by atoms with van der Waals surface area (Å²) in [5.41, 5.74) is 9.65. The molecule has 1 aliphatic rings. The van der Waals surface area contributed by atoms with Gasteiger partial charge in [0.15, 0.2) is 11.4 Å². The third-order valence-corrected chi connectivity index (χ3v) is 8.81. The summed E-state index contributed by atoms with van der Waals surface area (Å²) in [7, 11) is 0. The van der Waals surface area contributed by atoms with Gasteiger partial charge in [0, 0.05) is 16.8 Å². The molecule has 0 aliphatic heterocycles. The van der Waals surface area contributed by atoms with Gasteiger partial charge in [-0.2, -0.15) is 8.98 Å². The molecular formula is C40H50FN3OS. The highest BCUT2D eigenvalue weighted by atomic mass is 32.2. The maximum Gasteiger partial charge on any atom is 0.172 e. The van der Waals surface area contributed by atoms with E-state index in [1.807, 2.05) is 70.2 Å². The van der Waals surface area contributed by atoms with Gasteiger partial charge in [0.05, 0.1) is 24.0 Å². The van der Waals surface area contributed by atoms with Crippen LogP contribution in [0.3, 0.4) is 0 Å². The van der Waals surface area contributed by atoms with Crippen molar-refractivity contribution in [3.05, 3.63) is 119 Å². The van der Waals surface area contributed by atoms with Crippen LogP contribution >= 0.6 is 12.1 Å². The molecule has 46 heavy (non-hydrogen) atoms. The van der Waals surface area contributed by atoms with Crippen LogP contribution in [0.2, 0.25) is 0 Å². The van der Waals surface area contributed by atoms with Crippen molar-refractivity contribution in [2.75, 3.05) is 0 Å². The summed E-state index contributed by atoms with van der Waals surface area (Å²) in [6, 6.07) is 27.0. The van der Waals surface area contributed by atoms with E-state index in [0.717, 1.165) is 46.8 Å². The number of nitrogens with zero attached hydrogens (tertiary/aromatic N) is 3. The topological polar surface area (TPSA) is 47.3 Å². The number of hydrogen-bond donors (Lipinski definition) is 0. The van der Waals surface area contributed by atoms with Crippen molar-refractivity contribution >= 4 is 23.6 Å². The van der Waals surface area contributed by atoms with E-state index in [-0.39, 0.29) is 17.9 Å². The Morgan fingerprint density at radius 2 is 1.46 bits per heavy atom. The zero-order valence-corrected chi connectivity index (χ0v) is 29.5. The number of carbonyl (C=O) groups excluding carboxylic acids is 1. The Balaban J connectivity index is 0.000000191. The van der Waals surface area contributed by atoms with E-state index >= 15 is 0 Å². The molecule has 1 saturated carbocycles. The van der Waals surface area contributed by atoms with Crippen LogP contribution in [0, 0.1) is 13.8 Å². The highest BCUT2D eigenvalue weighted by Gasteiger charge is 2.15. The highest BCUT2D eigenvalue weighted by Crippen LogP contribution is 2.32. The molecule has 0 saturated heterocycles. The SMILES string of the molecule is CC.CC(=O)c1ccc(C2CCCCC2)cc1.CCc1ccc(CC)cc1.Cc1ccccc1-c1cc(C)n2ncc(SF)c2n1. The first-order chi connectivity index (χ1) is 22.3. The minimum Gasteiger partial charge on any atom is -0.295 e. The van der Waals surface area contributed by atoms with Gasteiger partial charge in [-0.15, -0.1) is 0 Å². The number of ketones is 1. The average Bonchev–Trinajstić information content (AvgIpc) is 3.54. The number of aryl methyl sites for hydroxylation is 4. The van der Waals surface area contributed by atoms with Gasteiger partial charge in [0.2, 0.25) is 0 Å². The smallest absolute Gasteiger partial charge is 0.172 e. The number of benzene rings is 3. The molecule has 244 valence electrons. The van der Waals surface area contributed by atoms with Gasteiger partial charge < -0.3 is 0 Å². The second-order valence-electron chi connectivity index (χ2n) is 11.5. The first-order valence-electron chi connectivity index (χ1n) is 16.7. The Kier molecular flexibility index (Phi) is 15.2. The molecule has 5 aromatic rings. The molecular weight excluding hydrogens is 590 g/mol. The maximum atomic E-state index is 12.9. The summed E-state index contributed by atoms with van der Waals surface area (Å²) < 4.78 is 14.5. The van der Waals surface area contributed by atoms with Crippen molar-refractivity contribution in [2.45, 2.75) is 104 Å². The van der Waals surface area contributed by atoms with Crippen LogP contribution in [0.4, 0.5) is 3.89 Å². The summed E-state index contributed by atoms with van der Waals surface area (Å²) in [5.74, 6) is 0.893. The Hall–Kier alpha value is -3.77. The average molecular weight is 640 g/mol. The van der Waals surface area contributed by atoms with Gasteiger partial charge in [0.1, 0.15) is 4.90 Å². The predicted molar refractivity (Wildman–Crippen MR) is 194 cm³/mol. The van der Waals surface area contributed by atoms with E-state index < -0.39 is 0 Å². The van der Waals surface area contributed by atoms with Crippen LogP contribution in [0.5, 0.6) is 0 Å². The summed E-state index contributed by atoms with van der Waals surface area (Å²) in [4.78, 5) is 16.1. The Morgan fingerprint density at radius 1 is 0.870 bits per heavy atom. The van der Waals surface area contributed by atoms with E-state index in [9.17, 15) is 8.68 Å². The summed E-state index contributed by atoms with van der Waals surface area (Å²) in [6.45, 7) is 14.0.